The van der Waals surface area contributed by atoms with Crippen molar-refractivity contribution < 1.29 is 10.2 Å². The first-order valence-electron chi connectivity index (χ1n) is 10.7. The number of pyridine rings is 1. The number of para-hydroxylation sites is 2. The van der Waals surface area contributed by atoms with Crippen molar-refractivity contribution in [3.05, 3.63) is 102 Å². The molecule has 2 atom stereocenters. The summed E-state index contributed by atoms with van der Waals surface area (Å²) in [6.45, 7) is 4.09. The number of hydrogen-bond donors (Lipinski definition) is 3. The average Bonchev–Trinajstić information content (AvgIpc) is 3.31. The Morgan fingerprint density at radius 1 is 0.939 bits per heavy atom. The number of aryl methyl sites for hydroxylation is 1. The molecule has 1 fully saturated rings. The van der Waals surface area contributed by atoms with E-state index in [4.69, 9.17) is 12.2 Å². The van der Waals surface area contributed by atoms with Crippen LogP contribution in [0.4, 0.5) is 5.69 Å². The molecule has 2 unspecified atom stereocenters. The molecule has 0 spiro atoms. The van der Waals surface area contributed by atoms with Crippen LogP contribution in [0, 0.1) is 13.8 Å². The van der Waals surface area contributed by atoms with Crippen LogP contribution in [0.15, 0.2) is 79.0 Å². The van der Waals surface area contributed by atoms with Crippen LogP contribution in [0.3, 0.4) is 0 Å². The molecule has 0 radical (unpaired) electrons. The molecule has 2 aromatic heterocycles. The van der Waals surface area contributed by atoms with Crippen LogP contribution >= 0.6 is 12.2 Å². The van der Waals surface area contributed by atoms with Gasteiger partial charge in [-0.15, -0.1) is 0 Å². The molecular weight excluding hydrogens is 432 g/mol. The fourth-order valence-electron chi connectivity index (χ4n) is 4.67. The Morgan fingerprint density at radius 3 is 2.36 bits per heavy atom. The SMILES string of the molecule is Cc1cc(C2C(c3ccccn3)NC(=S)N2c2ccc(O)cc2)c(C)n1-c1ccccc1O. The minimum atomic E-state index is -0.178. The summed E-state index contributed by atoms with van der Waals surface area (Å²) in [5, 5.41) is 24.4. The standard InChI is InChI=1S/C26H24N4O2S/c1-16-15-20(17(2)29(16)22-8-3-4-9-23(22)32)25-24(21-7-5-6-14-27-21)28-26(33)30(25)18-10-12-19(31)13-11-18/h3-15,24-25,31-32H,1-2H3,(H,28,33). The molecule has 33 heavy (non-hydrogen) atoms. The zero-order valence-electron chi connectivity index (χ0n) is 18.3. The molecule has 7 heteroatoms. The third-order valence-corrected chi connectivity index (χ3v) is 6.45. The first-order chi connectivity index (χ1) is 16.0. The van der Waals surface area contributed by atoms with Gasteiger partial charge in [0.25, 0.3) is 0 Å². The van der Waals surface area contributed by atoms with E-state index in [0.29, 0.717) is 5.11 Å². The van der Waals surface area contributed by atoms with E-state index in [-0.39, 0.29) is 23.6 Å². The number of nitrogens with zero attached hydrogens (tertiary/aromatic N) is 3. The van der Waals surface area contributed by atoms with Gasteiger partial charge >= 0.3 is 0 Å². The molecule has 3 N–H and O–H groups in total. The highest BCUT2D eigenvalue weighted by molar-refractivity contribution is 7.80. The lowest BCUT2D eigenvalue weighted by atomic mass is 9.96. The largest absolute Gasteiger partial charge is 0.508 e. The number of phenols is 2. The summed E-state index contributed by atoms with van der Waals surface area (Å²) in [7, 11) is 0. The number of aromatic nitrogens is 2. The maximum atomic E-state index is 10.5. The van der Waals surface area contributed by atoms with Crippen molar-refractivity contribution in [3.63, 3.8) is 0 Å². The van der Waals surface area contributed by atoms with Gasteiger partial charge in [0.15, 0.2) is 5.11 Å². The van der Waals surface area contributed by atoms with E-state index in [1.165, 1.54) is 0 Å². The van der Waals surface area contributed by atoms with E-state index < -0.39 is 0 Å². The summed E-state index contributed by atoms with van der Waals surface area (Å²) >= 11 is 5.78. The molecule has 5 rings (SSSR count). The van der Waals surface area contributed by atoms with Crippen molar-refractivity contribution in [3.8, 4) is 17.2 Å². The van der Waals surface area contributed by atoms with Crippen molar-refractivity contribution in [1.82, 2.24) is 14.9 Å². The second-order valence-electron chi connectivity index (χ2n) is 8.16. The van der Waals surface area contributed by atoms with Gasteiger partial charge in [-0.05, 0) is 86.2 Å². The van der Waals surface area contributed by atoms with Gasteiger partial charge in [-0.1, -0.05) is 18.2 Å². The van der Waals surface area contributed by atoms with Crippen LogP contribution in [-0.4, -0.2) is 24.9 Å². The Morgan fingerprint density at radius 2 is 1.67 bits per heavy atom. The van der Waals surface area contributed by atoms with Gasteiger partial charge in [-0.25, -0.2) is 0 Å². The fraction of sp³-hybridized carbons (Fsp3) is 0.154. The van der Waals surface area contributed by atoms with Gasteiger partial charge in [0, 0.05) is 23.3 Å². The zero-order valence-corrected chi connectivity index (χ0v) is 19.1. The number of benzene rings is 2. The Kier molecular flexibility index (Phi) is 5.26. The minimum Gasteiger partial charge on any atom is -0.508 e. The van der Waals surface area contributed by atoms with Crippen molar-refractivity contribution >= 4 is 23.0 Å². The average molecular weight is 457 g/mol. The van der Waals surface area contributed by atoms with Gasteiger partial charge in [0.2, 0.25) is 0 Å². The Bertz CT molecular complexity index is 1320. The van der Waals surface area contributed by atoms with Crippen molar-refractivity contribution in [1.29, 1.82) is 0 Å². The quantitative estimate of drug-likeness (QED) is 0.372. The maximum absolute atomic E-state index is 10.5. The number of phenolic OH excluding ortho intramolecular Hbond substituents is 2. The van der Waals surface area contributed by atoms with E-state index in [2.05, 4.69) is 32.8 Å². The summed E-state index contributed by atoms with van der Waals surface area (Å²) < 4.78 is 2.07. The molecule has 1 saturated heterocycles. The van der Waals surface area contributed by atoms with Crippen LogP contribution in [0.25, 0.3) is 5.69 Å². The molecule has 3 heterocycles. The lowest BCUT2D eigenvalue weighted by molar-refractivity contribution is 0.471. The van der Waals surface area contributed by atoms with Crippen molar-refractivity contribution in [2.45, 2.75) is 25.9 Å². The van der Waals surface area contributed by atoms with Gasteiger partial charge in [0.05, 0.1) is 23.5 Å². The summed E-state index contributed by atoms with van der Waals surface area (Å²) in [4.78, 5) is 6.68. The predicted octanol–water partition coefficient (Wildman–Crippen LogP) is 5.08. The predicted molar refractivity (Wildman–Crippen MR) is 133 cm³/mol. The lowest BCUT2D eigenvalue weighted by Gasteiger charge is -2.28. The Balaban J connectivity index is 1.69. The number of thiocarbonyl (C=S) groups is 1. The van der Waals surface area contributed by atoms with Gasteiger partial charge in [-0.3, -0.25) is 4.98 Å². The van der Waals surface area contributed by atoms with Crippen LogP contribution in [0.1, 0.15) is 34.7 Å². The molecular formula is C26H24N4O2S. The van der Waals surface area contributed by atoms with E-state index in [9.17, 15) is 10.2 Å². The Hall–Kier alpha value is -3.84. The molecule has 2 aromatic carbocycles. The smallest absolute Gasteiger partial charge is 0.174 e. The highest BCUT2D eigenvalue weighted by atomic mass is 32.1. The topological polar surface area (TPSA) is 73.5 Å². The summed E-state index contributed by atoms with van der Waals surface area (Å²) in [6.07, 6.45) is 1.78. The highest BCUT2D eigenvalue weighted by Crippen LogP contribution is 2.44. The molecule has 0 saturated carbocycles. The second kappa shape index (κ2) is 8.26. The molecule has 0 aliphatic carbocycles. The van der Waals surface area contributed by atoms with Crippen LogP contribution < -0.4 is 10.2 Å². The zero-order chi connectivity index (χ0) is 23.1. The highest BCUT2D eigenvalue weighted by Gasteiger charge is 2.42. The summed E-state index contributed by atoms with van der Waals surface area (Å²) in [5.74, 6) is 0.426. The number of hydrogen-bond acceptors (Lipinski definition) is 4. The molecule has 6 nitrogen and oxygen atoms in total. The van der Waals surface area contributed by atoms with Crippen molar-refractivity contribution in [2.24, 2.45) is 0 Å². The summed E-state index contributed by atoms with van der Waals surface area (Å²) in [6, 6.07) is 22.0. The van der Waals surface area contributed by atoms with Crippen LogP contribution in [0.5, 0.6) is 11.5 Å². The van der Waals surface area contributed by atoms with Crippen LogP contribution in [0.2, 0.25) is 0 Å². The van der Waals surface area contributed by atoms with Crippen LogP contribution in [-0.2, 0) is 0 Å². The fourth-order valence-corrected chi connectivity index (χ4v) is 5.02. The van der Waals surface area contributed by atoms with Gasteiger partial charge in [-0.2, -0.15) is 0 Å². The van der Waals surface area contributed by atoms with E-state index in [0.717, 1.165) is 34.0 Å². The number of nitrogens with one attached hydrogen (secondary N) is 1. The first kappa shape index (κ1) is 21.0. The normalized spacial score (nSPS) is 17.9. The van der Waals surface area contributed by atoms with E-state index in [1.807, 2.05) is 55.5 Å². The Labute approximate surface area is 197 Å². The van der Waals surface area contributed by atoms with Gasteiger partial charge < -0.3 is 25.0 Å². The third-order valence-electron chi connectivity index (χ3n) is 6.14. The molecule has 1 aliphatic heterocycles. The van der Waals surface area contributed by atoms with Gasteiger partial charge in [0.1, 0.15) is 11.5 Å². The van der Waals surface area contributed by atoms with Crippen molar-refractivity contribution in [2.75, 3.05) is 4.90 Å². The van der Waals surface area contributed by atoms with E-state index in [1.54, 1.807) is 24.4 Å². The first-order valence-corrected chi connectivity index (χ1v) is 11.1. The molecule has 1 aliphatic rings. The number of aromatic hydroxyl groups is 2. The second-order valence-corrected chi connectivity index (χ2v) is 8.55. The summed E-state index contributed by atoms with van der Waals surface area (Å²) in [5.41, 5.74) is 5.59. The molecule has 0 bridgehead atoms. The molecule has 0 amide bonds. The van der Waals surface area contributed by atoms with E-state index >= 15 is 0 Å². The molecule has 166 valence electrons. The minimum absolute atomic E-state index is 0.175. The monoisotopic (exact) mass is 456 g/mol. The number of anilines is 1. The lowest BCUT2D eigenvalue weighted by Crippen LogP contribution is -2.29. The molecule has 4 aromatic rings. The third kappa shape index (κ3) is 3.60. The number of rotatable bonds is 4. The maximum Gasteiger partial charge on any atom is 0.174 e.